The number of carbonyl (C=O) groups excluding carboxylic acids is 1. The fraction of sp³-hybridized carbons (Fsp3) is 0.133. The third kappa shape index (κ3) is 2.99. The number of aryl methyl sites for hydroxylation is 1. The Morgan fingerprint density at radius 2 is 2.23 bits per heavy atom. The first-order valence-corrected chi connectivity index (χ1v) is 7.48. The Bertz CT molecular complexity index is 849. The lowest BCUT2D eigenvalue weighted by Crippen LogP contribution is -2.25. The molecule has 2 heterocycles. The van der Waals surface area contributed by atoms with Crippen molar-refractivity contribution in [3.05, 3.63) is 57.9 Å². The van der Waals surface area contributed by atoms with Crippen LogP contribution in [-0.4, -0.2) is 15.6 Å². The van der Waals surface area contributed by atoms with Gasteiger partial charge < -0.3 is 5.32 Å². The fourth-order valence-electron chi connectivity index (χ4n) is 2.06. The number of nitrogens with zero attached hydrogens (tertiary/aromatic N) is 2. The van der Waals surface area contributed by atoms with E-state index in [1.807, 2.05) is 42.6 Å². The highest BCUT2D eigenvalue weighted by Gasteiger charge is 2.16. The summed E-state index contributed by atoms with van der Waals surface area (Å²) in [5.74, 6) is -0.601. The zero-order valence-electron chi connectivity index (χ0n) is 11.8. The molecule has 0 aliphatic carbocycles. The molecule has 0 saturated heterocycles. The number of thiophene rings is 1. The first-order chi connectivity index (χ1) is 10.6. The number of amides is 1. The summed E-state index contributed by atoms with van der Waals surface area (Å²) in [7, 11) is 0. The second kappa shape index (κ2) is 5.98. The first-order valence-electron chi connectivity index (χ1n) is 6.60. The molecule has 0 aliphatic heterocycles. The number of rotatable bonds is 4. The van der Waals surface area contributed by atoms with Crippen LogP contribution in [-0.2, 0) is 11.3 Å². The summed E-state index contributed by atoms with van der Waals surface area (Å²) in [4.78, 5) is 24.6. The average molecular weight is 315 g/mol. The second-order valence-corrected chi connectivity index (χ2v) is 5.70. The van der Waals surface area contributed by atoms with Gasteiger partial charge in [0.15, 0.2) is 5.82 Å². The number of hydrogen-bond donors (Lipinski definition) is 1. The Balaban J connectivity index is 1.80. The van der Waals surface area contributed by atoms with Crippen molar-refractivity contribution in [1.29, 1.82) is 0 Å². The quantitative estimate of drug-likeness (QED) is 0.802. The van der Waals surface area contributed by atoms with E-state index < -0.39 is 5.76 Å². The van der Waals surface area contributed by atoms with Crippen molar-refractivity contribution in [2.45, 2.75) is 13.5 Å². The van der Waals surface area contributed by atoms with Crippen LogP contribution in [0.25, 0.3) is 10.7 Å². The Labute approximate surface area is 130 Å². The van der Waals surface area contributed by atoms with E-state index in [-0.39, 0.29) is 12.5 Å². The molecule has 0 atom stereocenters. The van der Waals surface area contributed by atoms with E-state index in [2.05, 4.69) is 15.0 Å². The molecule has 0 unspecified atom stereocenters. The highest BCUT2D eigenvalue weighted by molar-refractivity contribution is 7.13. The van der Waals surface area contributed by atoms with Crippen LogP contribution in [0.2, 0.25) is 0 Å². The molecular weight excluding hydrogens is 302 g/mol. The molecule has 1 N–H and O–H groups in total. The molecular formula is C15H13N3O3S. The number of carbonyl (C=O) groups is 1. The van der Waals surface area contributed by atoms with E-state index in [1.54, 1.807) is 6.07 Å². The lowest BCUT2D eigenvalue weighted by Gasteiger charge is -2.06. The number of anilines is 1. The monoisotopic (exact) mass is 315 g/mol. The molecule has 112 valence electrons. The average Bonchev–Trinajstić information content (AvgIpc) is 3.10. The lowest BCUT2D eigenvalue weighted by molar-refractivity contribution is -0.116. The maximum Gasteiger partial charge on any atom is 0.442 e. The third-order valence-corrected chi connectivity index (χ3v) is 3.90. The van der Waals surface area contributed by atoms with Gasteiger partial charge in [0.05, 0.1) is 4.88 Å². The molecule has 3 rings (SSSR count). The molecule has 0 saturated carbocycles. The van der Waals surface area contributed by atoms with E-state index >= 15 is 0 Å². The second-order valence-electron chi connectivity index (χ2n) is 4.75. The molecule has 1 aromatic carbocycles. The van der Waals surface area contributed by atoms with E-state index in [0.717, 1.165) is 10.4 Å². The van der Waals surface area contributed by atoms with Gasteiger partial charge in [-0.3, -0.25) is 9.32 Å². The smallest absolute Gasteiger partial charge is 0.325 e. The summed E-state index contributed by atoms with van der Waals surface area (Å²) in [5, 5.41) is 8.36. The summed E-state index contributed by atoms with van der Waals surface area (Å²) < 4.78 is 5.89. The zero-order valence-corrected chi connectivity index (χ0v) is 12.6. The number of aromatic nitrogens is 2. The number of benzene rings is 1. The summed E-state index contributed by atoms with van der Waals surface area (Å²) in [5.41, 5.74) is 1.73. The lowest BCUT2D eigenvalue weighted by atomic mass is 10.2. The van der Waals surface area contributed by atoms with Crippen molar-refractivity contribution in [2.75, 3.05) is 5.32 Å². The molecule has 0 radical (unpaired) electrons. The highest BCUT2D eigenvalue weighted by atomic mass is 32.1. The van der Waals surface area contributed by atoms with Crippen LogP contribution >= 0.6 is 11.3 Å². The molecule has 0 bridgehead atoms. The van der Waals surface area contributed by atoms with Gasteiger partial charge >= 0.3 is 5.76 Å². The number of nitrogens with one attached hydrogen (secondary N) is 1. The van der Waals surface area contributed by atoms with Crippen LogP contribution in [0.15, 0.2) is 51.1 Å². The van der Waals surface area contributed by atoms with Gasteiger partial charge in [-0.05, 0) is 36.1 Å². The maximum absolute atomic E-state index is 12.1. The van der Waals surface area contributed by atoms with Crippen LogP contribution < -0.4 is 11.1 Å². The predicted molar refractivity (Wildman–Crippen MR) is 83.9 cm³/mol. The summed E-state index contributed by atoms with van der Waals surface area (Å²) in [6, 6.07) is 11.1. The molecule has 3 aromatic rings. The third-order valence-electron chi connectivity index (χ3n) is 3.03. The molecule has 22 heavy (non-hydrogen) atoms. The SMILES string of the molecule is Cc1cccc(NC(=O)Cn2c(-c3cccs3)noc2=O)c1. The fourth-order valence-corrected chi connectivity index (χ4v) is 2.77. The van der Waals surface area contributed by atoms with Crippen molar-refractivity contribution in [3.8, 4) is 10.7 Å². The first kappa shape index (κ1) is 14.3. The van der Waals surface area contributed by atoms with Gasteiger partial charge in [0.2, 0.25) is 5.91 Å². The highest BCUT2D eigenvalue weighted by Crippen LogP contribution is 2.21. The molecule has 7 heteroatoms. The van der Waals surface area contributed by atoms with Gasteiger partial charge in [-0.25, -0.2) is 9.36 Å². The minimum atomic E-state index is -0.650. The summed E-state index contributed by atoms with van der Waals surface area (Å²) in [6.07, 6.45) is 0. The molecule has 0 aliphatic rings. The van der Waals surface area contributed by atoms with Crippen molar-refractivity contribution >= 4 is 22.9 Å². The van der Waals surface area contributed by atoms with Crippen molar-refractivity contribution in [3.63, 3.8) is 0 Å². The Morgan fingerprint density at radius 3 is 2.95 bits per heavy atom. The zero-order chi connectivity index (χ0) is 15.5. The Morgan fingerprint density at radius 1 is 1.36 bits per heavy atom. The normalized spacial score (nSPS) is 10.6. The van der Waals surface area contributed by atoms with E-state index in [1.165, 1.54) is 15.9 Å². The molecule has 2 aromatic heterocycles. The number of hydrogen-bond acceptors (Lipinski definition) is 5. The topological polar surface area (TPSA) is 77.1 Å². The summed E-state index contributed by atoms with van der Waals surface area (Å²) in [6.45, 7) is 1.79. The molecule has 6 nitrogen and oxygen atoms in total. The molecule has 0 fully saturated rings. The molecule has 0 spiro atoms. The summed E-state index contributed by atoms with van der Waals surface area (Å²) >= 11 is 1.42. The standard InChI is InChI=1S/C15H13N3O3S/c1-10-4-2-5-11(8-10)16-13(19)9-18-14(17-21-15(18)20)12-6-3-7-22-12/h2-8H,9H2,1H3,(H,16,19). The minimum absolute atomic E-state index is 0.149. The minimum Gasteiger partial charge on any atom is -0.325 e. The van der Waals surface area contributed by atoms with Crippen LogP contribution in [0.4, 0.5) is 5.69 Å². The van der Waals surface area contributed by atoms with E-state index in [4.69, 9.17) is 0 Å². The van der Waals surface area contributed by atoms with Crippen molar-refractivity contribution in [2.24, 2.45) is 0 Å². The van der Waals surface area contributed by atoms with Gasteiger partial charge in [0, 0.05) is 5.69 Å². The van der Waals surface area contributed by atoms with Gasteiger partial charge in [-0.15, -0.1) is 11.3 Å². The van der Waals surface area contributed by atoms with E-state index in [9.17, 15) is 9.59 Å². The predicted octanol–water partition coefficient (Wildman–Crippen LogP) is 2.51. The van der Waals surface area contributed by atoms with Gasteiger partial charge in [0.25, 0.3) is 0 Å². The largest absolute Gasteiger partial charge is 0.442 e. The van der Waals surface area contributed by atoms with Crippen molar-refractivity contribution in [1.82, 2.24) is 9.72 Å². The Hall–Kier alpha value is -2.67. The van der Waals surface area contributed by atoms with Crippen molar-refractivity contribution < 1.29 is 9.32 Å². The van der Waals surface area contributed by atoms with Crippen LogP contribution in [0, 0.1) is 6.92 Å². The Kier molecular flexibility index (Phi) is 3.88. The van der Waals surface area contributed by atoms with E-state index in [0.29, 0.717) is 11.5 Å². The van der Waals surface area contributed by atoms with Crippen LogP contribution in [0.5, 0.6) is 0 Å². The van der Waals surface area contributed by atoms with Gasteiger partial charge in [-0.2, -0.15) is 0 Å². The van der Waals surface area contributed by atoms with Crippen LogP contribution in [0.1, 0.15) is 5.56 Å². The molecule has 1 amide bonds. The maximum atomic E-state index is 12.1. The van der Waals surface area contributed by atoms with Gasteiger partial charge in [-0.1, -0.05) is 23.4 Å². The van der Waals surface area contributed by atoms with Gasteiger partial charge in [0.1, 0.15) is 6.54 Å². The van der Waals surface area contributed by atoms with Crippen LogP contribution in [0.3, 0.4) is 0 Å².